The first-order valence-corrected chi connectivity index (χ1v) is 6.38. The predicted octanol–water partition coefficient (Wildman–Crippen LogP) is 2.27. The molecule has 1 atom stereocenters. The number of hydrogen-bond acceptors (Lipinski definition) is 4. The van der Waals surface area contributed by atoms with Crippen molar-refractivity contribution in [3.05, 3.63) is 29.3 Å². The zero-order chi connectivity index (χ0) is 13.2. The van der Waals surface area contributed by atoms with Crippen molar-refractivity contribution < 1.29 is 4.74 Å². The van der Waals surface area contributed by atoms with Crippen LogP contribution in [0.3, 0.4) is 0 Å². The lowest BCUT2D eigenvalue weighted by molar-refractivity contribution is 0.108. The average molecular weight is 268 g/mol. The molecule has 1 aliphatic rings. The number of guanidine groups is 1. The molecule has 0 spiro atoms. The molecular weight excluding hydrogens is 250 g/mol. The zero-order valence-electron chi connectivity index (χ0n) is 10.7. The van der Waals surface area contributed by atoms with E-state index in [9.17, 15) is 0 Å². The van der Waals surface area contributed by atoms with Gasteiger partial charge in [-0.05, 0) is 38.1 Å². The minimum atomic E-state index is -0.228. The van der Waals surface area contributed by atoms with Crippen LogP contribution < -0.4 is 10.6 Å². The zero-order valence-corrected chi connectivity index (χ0v) is 11.4. The summed E-state index contributed by atoms with van der Waals surface area (Å²) >= 11 is 5.90. The minimum Gasteiger partial charge on any atom is -0.379 e. The number of anilines is 1. The lowest BCUT2D eigenvalue weighted by Gasteiger charge is -2.35. The van der Waals surface area contributed by atoms with Gasteiger partial charge in [-0.25, -0.2) is 0 Å². The summed E-state index contributed by atoms with van der Waals surface area (Å²) in [6, 6.07) is 7.59. The fourth-order valence-electron chi connectivity index (χ4n) is 2.14. The van der Waals surface area contributed by atoms with E-state index in [1.54, 1.807) is 0 Å². The second-order valence-electron chi connectivity index (χ2n) is 4.62. The third-order valence-corrected chi connectivity index (χ3v) is 3.30. The van der Waals surface area contributed by atoms with E-state index in [2.05, 4.69) is 11.9 Å². The Morgan fingerprint density at radius 3 is 2.72 bits per heavy atom. The van der Waals surface area contributed by atoms with E-state index in [-0.39, 0.29) is 5.54 Å². The molecule has 0 bridgehead atoms. The highest BCUT2D eigenvalue weighted by Gasteiger charge is 2.39. The fraction of sp³-hybridized carbons (Fsp3) is 0.462. The maximum atomic E-state index is 5.98. The van der Waals surface area contributed by atoms with Gasteiger partial charge in [0.25, 0.3) is 0 Å². The maximum Gasteiger partial charge on any atom is 0.196 e. The number of aliphatic imine (C=N–C) groups is 1. The van der Waals surface area contributed by atoms with Crippen LogP contribution >= 0.6 is 11.6 Å². The molecule has 4 nitrogen and oxygen atoms in total. The number of halogens is 1. The topological polar surface area (TPSA) is 50.9 Å². The van der Waals surface area contributed by atoms with Crippen LogP contribution in [0.5, 0.6) is 0 Å². The van der Waals surface area contributed by atoms with Gasteiger partial charge < -0.3 is 15.4 Å². The van der Waals surface area contributed by atoms with Crippen LogP contribution in [-0.2, 0) is 4.74 Å². The highest BCUT2D eigenvalue weighted by molar-refractivity contribution is 6.30. The van der Waals surface area contributed by atoms with Crippen LogP contribution in [0.25, 0.3) is 0 Å². The van der Waals surface area contributed by atoms with Gasteiger partial charge >= 0.3 is 0 Å². The lowest BCUT2D eigenvalue weighted by Crippen LogP contribution is -2.53. The molecule has 2 N–H and O–H groups in total. The smallest absolute Gasteiger partial charge is 0.196 e. The number of hydrogen-bond donors (Lipinski definition) is 1. The summed E-state index contributed by atoms with van der Waals surface area (Å²) in [5.41, 5.74) is 6.74. The van der Waals surface area contributed by atoms with Gasteiger partial charge in [0, 0.05) is 17.3 Å². The number of rotatable bonds is 4. The average Bonchev–Trinajstić information content (AvgIpc) is 2.65. The van der Waals surface area contributed by atoms with E-state index >= 15 is 0 Å². The van der Waals surface area contributed by atoms with E-state index in [0.717, 1.165) is 5.69 Å². The lowest BCUT2D eigenvalue weighted by atomic mass is 10.0. The van der Waals surface area contributed by atoms with Gasteiger partial charge in [0.2, 0.25) is 0 Å². The van der Waals surface area contributed by atoms with Gasteiger partial charge in [-0.3, -0.25) is 4.99 Å². The van der Waals surface area contributed by atoms with E-state index in [0.29, 0.717) is 30.7 Å². The van der Waals surface area contributed by atoms with Gasteiger partial charge in [-0.15, -0.1) is 0 Å². The van der Waals surface area contributed by atoms with Gasteiger partial charge in [-0.2, -0.15) is 0 Å². The highest BCUT2D eigenvalue weighted by Crippen LogP contribution is 2.29. The summed E-state index contributed by atoms with van der Waals surface area (Å²) in [6.45, 7) is 6.00. The van der Waals surface area contributed by atoms with Crippen LogP contribution in [0, 0.1) is 0 Å². The molecule has 98 valence electrons. The summed E-state index contributed by atoms with van der Waals surface area (Å²) in [4.78, 5) is 6.34. The molecule has 0 radical (unpaired) electrons. The Balaban J connectivity index is 2.27. The van der Waals surface area contributed by atoms with Gasteiger partial charge in [0.15, 0.2) is 5.96 Å². The molecule has 0 aliphatic carbocycles. The van der Waals surface area contributed by atoms with Crippen LogP contribution in [0.15, 0.2) is 29.3 Å². The van der Waals surface area contributed by atoms with E-state index in [1.165, 1.54) is 0 Å². The Morgan fingerprint density at radius 2 is 2.11 bits per heavy atom. The quantitative estimate of drug-likeness (QED) is 0.911. The van der Waals surface area contributed by atoms with Crippen molar-refractivity contribution >= 4 is 23.2 Å². The number of ether oxygens (including phenoxy) is 1. The number of benzene rings is 1. The van der Waals surface area contributed by atoms with Crippen LogP contribution in [0.1, 0.15) is 13.8 Å². The molecule has 0 fully saturated rings. The monoisotopic (exact) mass is 267 g/mol. The first kappa shape index (κ1) is 13.2. The second kappa shape index (κ2) is 5.16. The molecule has 1 aromatic rings. The minimum absolute atomic E-state index is 0.228. The molecule has 0 saturated carbocycles. The molecule has 1 unspecified atom stereocenters. The summed E-state index contributed by atoms with van der Waals surface area (Å²) < 4.78 is 5.55. The van der Waals surface area contributed by atoms with E-state index < -0.39 is 0 Å². The Bertz CT molecular complexity index is 446. The molecule has 1 aromatic carbocycles. The molecule has 18 heavy (non-hydrogen) atoms. The second-order valence-corrected chi connectivity index (χ2v) is 5.06. The molecule has 2 rings (SSSR count). The normalized spacial score (nSPS) is 23.3. The summed E-state index contributed by atoms with van der Waals surface area (Å²) in [5, 5.41) is 0.708. The van der Waals surface area contributed by atoms with Crippen molar-refractivity contribution in [2.75, 3.05) is 24.7 Å². The Kier molecular flexibility index (Phi) is 3.78. The molecule has 0 amide bonds. The van der Waals surface area contributed by atoms with Crippen molar-refractivity contribution in [2.24, 2.45) is 10.7 Å². The summed E-state index contributed by atoms with van der Waals surface area (Å²) in [7, 11) is 0. The standard InChI is InChI=1S/C13H18ClN3O/c1-3-18-9-13(2)8-16-12(15)17(13)11-6-4-10(14)5-7-11/h4-7H,3,8-9H2,1-2H3,(H2,15,16). The Hall–Kier alpha value is -1.26. The third kappa shape index (κ3) is 2.44. The maximum absolute atomic E-state index is 5.98. The number of nitrogens with two attached hydrogens (primary N) is 1. The first-order valence-electron chi connectivity index (χ1n) is 6.00. The number of nitrogens with zero attached hydrogens (tertiary/aromatic N) is 2. The SMILES string of the molecule is CCOCC1(C)CN=C(N)N1c1ccc(Cl)cc1. The van der Waals surface area contributed by atoms with Crippen molar-refractivity contribution in [2.45, 2.75) is 19.4 Å². The molecule has 0 aromatic heterocycles. The van der Waals surface area contributed by atoms with E-state index in [1.807, 2.05) is 36.1 Å². The Labute approximate surface area is 112 Å². The van der Waals surface area contributed by atoms with E-state index in [4.69, 9.17) is 22.1 Å². The van der Waals surface area contributed by atoms with Gasteiger partial charge in [0.05, 0.1) is 18.7 Å². The Morgan fingerprint density at radius 1 is 1.44 bits per heavy atom. The largest absolute Gasteiger partial charge is 0.379 e. The fourth-order valence-corrected chi connectivity index (χ4v) is 2.26. The molecule has 5 heteroatoms. The highest BCUT2D eigenvalue weighted by atomic mass is 35.5. The van der Waals surface area contributed by atoms with Crippen molar-refractivity contribution in [3.63, 3.8) is 0 Å². The van der Waals surface area contributed by atoms with Crippen LogP contribution in [0.4, 0.5) is 5.69 Å². The van der Waals surface area contributed by atoms with Crippen molar-refractivity contribution in [3.8, 4) is 0 Å². The van der Waals surface area contributed by atoms with Crippen molar-refractivity contribution in [1.29, 1.82) is 0 Å². The first-order chi connectivity index (χ1) is 8.57. The molecule has 1 heterocycles. The van der Waals surface area contributed by atoms with Gasteiger partial charge in [0.1, 0.15) is 0 Å². The van der Waals surface area contributed by atoms with Gasteiger partial charge in [-0.1, -0.05) is 11.6 Å². The molecular formula is C13H18ClN3O. The van der Waals surface area contributed by atoms with Crippen LogP contribution in [0.2, 0.25) is 5.02 Å². The van der Waals surface area contributed by atoms with Crippen LogP contribution in [-0.4, -0.2) is 31.3 Å². The summed E-state index contributed by atoms with van der Waals surface area (Å²) in [6.07, 6.45) is 0. The van der Waals surface area contributed by atoms with Crippen molar-refractivity contribution in [1.82, 2.24) is 0 Å². The third-order valence-electron chi connectivity index (χ3n) is 3.05. The predicted molar refractivity (Wildman–Crippen MR) is 75.3 cm³/mol. The summed E-state index contributed by atoms with van der Waals surface area (Å²) in [5.74, 6) is 0.527. The molecule has 1 aliphatic heterocycles. The molecule has 0 saturated heterocycles.